The van der Waals surface area contributed by atoms with Crippen LogP contribution in [0, 0.1) is 0 Å². The van der Waals surface area contributed by atoms with E-state index in [1.54, 1.807) is 0 Å². The standard InChI is InChI=1S/C16H17F3N4O2/c1-8-5-11-13(9(2)25-8)22-23-14(11)15(24)21-7-10-3-4-20-12(6-10)16(17,18)19/h3-4,6,8-9H,5,7H2,1-2H3,(H,21,24)(H,22,23)/t8-,9+/m1/s1. The molecule has 2 atom stereocenters. The van der Waals surface area contributed by atoms with Gasteiger partial charge in [-0.25, -0.2) is 0 Å². The molecule has 0 bridgehead atoms. The van der Waals surface area contributed by atoms with Crippen LogP contribution in [0.2, 0.25) is 0 Å². The summed E-state index contributed by atoms with van der Waals surface area (Å²) in [4.78, 5) is 15.7. The summed E-state index contributed by atoms with van der Waals surface area (Å²) >= 11 is 0. The molecule has 2 aromatic heterocycles. The maximum absolute atomic E-state index is 12.7. The first kappa shape index (κ1) is 17.4. The van der Waals surface area contributed by atoms with E-state index < -0.39 is 17.8 Å². The molecule has 1 aliphatic heterocycles. The number of carbonyl (C=O) groups is 1. The largest absolute Gasteiger partial charge is 0.433 e. The van der Waals surface area contributed by atoms with Gasteiger partial charge in [0.05, 0.1) is 17.9 Å². The normalized spacial score (nSPS) is 20.2. The fourth-order valence-corrected chi connectivity index (χ4v) is 2.87. The molecule has 0 fully saturated rings. The third-order valence-electron chi connectivity index (χ3n) is 4.02. The fraction of sp³-hybridized carbons (Fsp3) is 0.438. The Kier molecular flexibility index (Phi) is 4.51. The van der Waals surface area contributed by atoms with Crippen LogP contribution in [0.25, 0.3) is 0 Å². The number of amides is 1. The Hall–Kier alpha value is -2.42. The highest BCUT2D eigenvalue weighted by Crippen LogP contribution is 2.30. The Morgan fingerprint density at radius 2 is 2.20 bits per heavy atom. The predicted molar refractivity (Wildman–Crippen MR) is 81.7 cm³/mol. The number of nitrogens with one attached hydrogen (secondary N) is 2. The van der Waals surface area contributed by atoms with Crippen molar-refractivity contribution in [3.63, 3.8) is 0 Å². The molecule has 134 valence electrons. The molecule has 0 unspecified atom stereocenters. The summed E-state index contributed by atoms with van der Waals surface area (Å²) < 4.78 is 43.7. The number of rotatable bonds is 3. The van der Waals surface area contributed by atoms with E-state index in [1.165, 1.54) is 6.07 Å². The number of carbonyl (C=O) groups excluding carboxylic acids is 1. The quantitative estimate of drug-likeness (QED) is 0.888. The average Bonchev–Trinajstić information content (AvgIpc) is 2.96. The number of aromatic amines is 1. The SMILES string of the molecule is C[C@@H]1Cc2c(C(=O)NCc3ccnc(C(F)(F)F)c3)n[nH]c2[C@H](C)O1. The highest BCUT2D eigenvalue weighted by atomic mass is 19.4. The molecule has 6 nitrogen and oxygen atoms in total. The molecule has 2 aromatic rings. The molecule has 1 amide bonds. The fourth-order valence-electron chi connectivity index (χ4n) is 2.87. The summed E-state index contributed by atoms with van der Waals surface area (Å²) in [5, 5.41) is 9.45. The van der Waals surface area contributed by atoms with Gasteiger partial charge in [-0.3, -0.25) is 14.9 Å². The molecule has 9 heteroatoms. The van der Waals surface area contributed by atoms with Gasteiger partial charge in [-0.15, -0.1) is 0 Å². The monoisotopic (exact) mass is 354 g/mol. The maximum Gasteiger partial charge on any atom is 0.433 e. The van der Waals surface area contributed by atoms with Crippen LogP contribution < -0.4 is 5.32 Å². The summed E-state index contributed by atoms with van der Waals surface area (Å²) in [6, 6.07) is 2.34. The van der Waals surface area contributed by atoms with Crippen LogP contribution in [0.1, 0.15) is 53.0 Å². The molecule has 0 saturated heterocycles. The summed E-state index contributed by atoms with van der Waals surface area (Å²) in [5.41, 5.74) is 1.12. The average molecular weight is 354 g/mol. The van der Waals surface area contributed by atoms with E-state index in [9.17, 15) is 18.0 Å². The molecule has 3 rings (SSSR count). The van der Waals surface area contributed by atoms with E-state index in [0.29, 0.717) is 12.0 Å². The van der Waals surface area contributed by atoms with Gasteiger partial charge < -0.3 is 10.1 Å². The third-order valence-corrected chi connectivity index (χ3v) is 4.02. The van der Waals surface area contributed by atoms with Crippen molar-refractivity contribution in [1.29, 1.82) is 0 Å². The van der Waals surface area contributed by atoms with Gasteiger partial charge >= 0.3 is 6.18 Å². The molecule has 0 radical (unpaired) electrons. The van der Waals surface area contributed by atoms with Crippen molar-refractivity contribution in [2.75, 3.05) is 0 Å². The molecule has 1 aliphatic rings. The second-order valence-corrected chi connectivity index (χ2v) is 5.99. The minimum Gasteiger partial charge on any atom is -0.369 e. The number of H-pyrrole nitrogens is 1. The smallest absolute Gasteiger partial charge is 0.369 e. The number of aromatic nitrogens is 3. The lowest BCUT2D eigenvalue weighted by Crippen LogP contribution is -2.27. The summed E-state index contributed by atoms with van der Waals surface area (Å²) in [5.74, 6) is -0.441. The van der Waals surface area contributed by atoms with Crippen LogP contribution in [0.5, 0.6) is 0 Å². The number of fused-ring (bicyclic) bond motifs is 1. The Balaban J connectivity index is 1.72. The van der Waals surface area contributed by atoms with Crippen molar-refractivity contribution in [3.8, 4) is 0 Å². The lowest BCUT2D eigenvalue weighted by Gasteiger charge is -2.25. The van der Waals surface area contributed by atoms with Gasteiger partial charge in [-0.05, 0) is 31.5 Å². The van der Waals surface area contributed by atoms with E-state index in [1.807, 2.05) is 13.8 Å². The van der Waals surface area contributed by atoms with Crippen LogP contribution in [0.4, 0.5) is 13.2 Å². The zero-order valence-electron chi connectivity index (χ0n) is 13.6. The first-order valence-corrected chi connectivity index (χ1v) is 7.78. The van der Waals surface area contributed by atoms with Gasteiger partial charge in [-0.2, -0.15) is 18.3 Å². The molecule has 2 N–H and O–H groups in total. The molecule has 0 saturated carbocycles. The van der Waals surface area contributed by atoms with Gasteiger partial charge in [0, 0.05) is 24.7 Å². The molecular formula is C16H17F3N4O2. The molecule has 0 spiro atoms. The number of pyridine rings is 1. The van der Waals surface area contributed by atoms with Gasteiger partial charge in [0.25, 0.3) is 5.91 Å². The van der Waals surface area contributed by atoms with Crippen molar-refractivity contribution in [3.05, 3.63) is 46.5 Å². The van der Waals surface area contributed by atoms with Crippen molar-refractivity contribution in [2.24, 2.45) is 0 Å². The highest BCUT2D eigenvalue weighted by molar-refractivity contribution is 5.94. The minimum absolute atomic E-state index is 0.0406. The second kappa shape index (κ2) is 6.47. The van der Waals surface area contributed by atoms with Crippen molar-refractivity contribution < 1.29 is 22.7 Å². The Morgan fingerprint density at radius 3 is 2.92 bits per heavy atom. The maximum atomic E-state index is 12.7. The zero-order valence-corrected chi connectivity index (χ0v) is 13.6. The minimum atomic E-state index is -4.52. The summed E-state index contributed by atoms with van der Waals surface area (Å²) in [7, 11) is 0. The highest BCUT2D eigenvalue weighted by Gasteiger charge is 2.32. The lowest BCUT2D eigenvalue weighted by molar-refractivity contribution is -0.141. The van der Waals surface area contributed by atoms with Crippen LogP contribution in [-0.4, -0.2) is 27.2 Å². The van der Waals surface area contributed by atoms with E-state index in [2.05, 4.69) is 20.5 Å². The number of ether oxygens (including phenoxy) is 1. The summed E-state index contributed by atoms with van der Waals surface area (Å²) in [6.45, 7) is 3.72. The van der Waals surface area contributed by atoms with E-state index in [0.717, 1.165) is 23.5 Å². The summed E-state index contributed by atoms with van der Waals surface area (Å²) in [6.07, 6.45) is -3.13. The molecule has 0 aliphatic carbocycles. The van der Waals surface area contributed by atoms with Crippen LogP contribution in [0.3, 0.4) is 0 Å². The van der Waals surface area contributed by atoms with Gasteiger partial charge in [0.15, 0.2) is 5.69 Å². The van der Waals surface area contributed by atoms with Gasteiger partial charge in [0.1, 0.15) is 5.69 Å². The lowest BCUT2D eigenvalue weighted by atomic mass is 9.99. The van der Waals surface area contributed by atoms with E-state index in [4.69, 9.17) is 4.74 Å². The number of nitrogens with zero attached hydrogens (tertiary/aromatic N) is 2. The van der Waals surface area contributed by atoms with Crippen molar-refractivity contribution in [2.45, 2.75) is 45.2 Å². The molecule has 3 heterocycles. The molecular weight excluding hydrogens is 337 g/mol. The first-order valence-electron chi connectivity index (χ1n) is 7.78. The molecule has 25 heavy (non-hydrogen) atoms. The topological polar surface area (TPSA) is 79.9 Å². The van der Waals surface area contributed by atoms with E-state index >= 15 is 0 Å². The zero-order chi connectivity index (χ0) is 18.2. The van der Waals surface area contributed by atoms with Crippen LogP contribution in [0.15, 0.2) is 18.3 Å². The van der Waals surface area contributed by atoms with E-state index in [-0.39, 0.29) is 24.4 Å². The Morgan fingerprint density at radius 1 is 1.44 bits per heavy atom. The number of halogens is 3. The Bertz CT molecular complexity index is 788. The van der Waals surface area contributed by atoms with Crippen LogP contribution in [-0.2, 0) is 23.9 Å². The second-order valence-electron chi connectivity index (χ2n) is 5.99. The van der Waals surface area contributed by atoms with Gasteiger partial charge in [-0.1, -0.05) is 0 Å². The van der Waals surface area contributed by atoms with Crippen LogP contribution >= 0.6 is 0 Å². The predicted octanol–water partition coefficient (Wildman–Crippen LogP) is 2.78. The number of alkyl halides is 3. The van der Waals surface area contributed by atoms with Gasteiger partial charge in [0.2, 0.25) is 0 Å². The number of hydrogen-bond acceptors (Lipinski definition) is 4. The Labute approximate surface area is 141 Å². The van der Waals surface area contributed by atoms with Crippen molar-refractivity contribution in [1.82, 2.24) is 20.5 Å². The number of hydrogen-bond donors (Lipinski definition) is 2. The third kappa shape index (κ3) is 3.65. The molecule has 0 aromatic carbocycles. The first-order chi connectivity index (χ1) is 11.8. The van der Waals surface area contributed by atoms with Crippen molar-refractivity contribution >= 4 is 5.91 Å².